The number of fused-ring (bicyclic) bond motifs is 2. The van der Waals surface area contributed by atoms with Crippen LogP contribution in [0.2, 0.25) is 0 Å². The molecule has 2 aliphatic heterocycles. The quantitative estimate of drug-likeness (QED) is 0.655. The molecule has 3 rings (SSSR count). The lowest BCUT2D eigenvalue weighted by Crippen LogP contribution is -2.45. The van der Waals surface area contributed by atoms with Gasteiger partial charge >= 0.3 is 6.03 Å². The van der Waals surface area contributed by atoms with Crippen LogP contribution in [-0.2, 0) is 7.05 Å². The number of hydrogen-bond acceptors (Lipinski definition) is 5. The lowest BCUT2D eigenvalue weighted by atomic mass is 10.1. The number of aryl methyl sites for hydroxylation is 1. The van der Waals surface area contributed by atoms with E-state index in [2.05, 4.69) is 27.5 Å². The lowest BCUT2D eigenvalue weighted by Gasteiger charge is -2.26. The maximum atomic E-state index is 12.3. The largest absolute Gasteiger partial charge is 0.337 e. The first-order valence-electron chi connectivity index (χ1n) is 7.86. The molecule has 0 saturated carbocycles. The van der Waals surface area contributed by atoms with Crippen LogP contribution in [0.25, 0.3) is 0 Å². The second kappa shape index (κ2) is 6.87. The van der Waals surface area contributed by atoms with E-state index < -0.39 is 0 Å². The second-order valence-corrected chi connectivity index (χ2v) is 7.15. The zero-order valence-electron chi connectivity index (χ0n) is 13.2. The van der Waals surface area contributed by atoms with Gasteiger partial charge in [-0.05, 0) is 26.3 Å². The second-order valence-electron chi connectivity index (χ2n) is 6.09. The molecule has 2 amide bonds. The monoisotopic (exact) mass is 324 g/mol. The average molecular weight is 324 g/mol. The molecule has 2 fully saturated rings. The lowest BCUT2D eigenvalue weighted by molar-refractivity contribution is 0.189. The molecular weight excluding hydrogens is 300 g/mol. The van der Waals surface area contributed by atoms with Gasteiger partial charge in [0.05, 0.1) is 0 Å². The van der Waals surface area contributed by atoms with Crippen LogP contribution < -0.4 is 5.32 Å². The third-order valence-electron chi connectivity index (χ3n) is 4.71. The van der Waals surface area contributed by atoms with E-state index in [1.165, 1.54) is 12.8 Å². The summed E-state index contributed by atoms with van der Waals surface area (Å²) in [5.74, 6) is 0.804. The Morgan fingerprint density at radius 2 is 2.18 bits per heavy atom. The molecule has 2 bridgehead atoms. The van der Waals surface area contributed by atoms with E-state index in [0.29, 0.717) is 18.6 Å². The summed E-state index contributed by atoms with van der Waals surface area (Å²) >= 11 is 1.61. The van der Waals surface area contributed by atoms with E-state index in [4.69, 9.17) is 0 Å². The first-order valence-corrected chi connectivity index (χ1v) is 8.85. The van der Waals surface area contributed by atoms with Crippen molar-refractivity contribution >= 4 is 17.8 Å². The van der Waals surface area contributed by atoms with Crippen molar-refractivity contribution in [3.05, 3.63) is 6.33 Å². The summed E-state index contributed by atoms with van der Waals surface area (Å²) in [5.41, 5.74) is 0. The molecule has 0 unspecified atom stereocenters. The number of amides is 2. The summed E-state index contributed by atoms with van der Waals surface area (Å²) in [6, 6.07) is 1.26. The summed E-state index contributed by atoms with van der Waals surface area (Å²) in [5, 5.41) is 11.8. The fraction of sp³-hybridized carbons (Fsp3) is 0.786. The van der Waals surface area contributed by atoms with Crippen LogP contribution in [0.4, 0.5) is 4.79 Å². The van der Waals surface area contributed by atoms with Crippen molar-refractivity contribution in [2.75, 3.05) is 32.4 Å². The van der Waals surface area contributed by atoms with Crippen molar-refractivity contribution < 1.29 is 4.79 Å². The Kier molecular flexibility index (Phi) is 4.87. The highest BCUT2D eigenvalue weighted by Gasteiger charge is 2.35. The van der Waals surface area contributed by atoms with E-state index in [-0.39, 0.29) is 6.03 Å². The van der Waals surface area contributed by atoms with Gasteiger partial charge in [0.15, 0.2) is 5.16 Å². The van der Waals surface area contributed by atoms with Crippen LogP contribution in [-0.4, -0.2) is 75.1 Å². The van der Waals surface area contributed by atoms with Crippen molar-refractivity contribution in [3.8, 4) is 0 Å². The zero-order chi connectivity index (χ0) is 15.5. The van der Waals surface area contributed by atoms with Gasteiger partial charge in [0.1, 0.15) is 6.33 Å². The minimum Gasteiger partial charge on any atom is -0.337 e. The Labute approximate surface area is 135 Å². The Balaban J connectivity index is 1.41. The topological polar surface area (TPSA) is 66.3 Å². The number of hydrogen-bond donors (Lipinski definition) is 1. The smallest absolute Gasteiger partial charge is 0.317 e. The third-order valence-corrected chi connectivity index (χ3v) is 5.75. The standard InChI is InChI=1S/C14H24N6OS/c1-18-10-16-17-14(18)22-8-6-15-13(21)20-7-5-11-3-4-12(9-20)19(11)2/h10-12H,3-9H2,1-2H3,(H,15,21)/t11-,12+/m0/s1. The van der Waals surface area contributed by atoms with Crippen molar-refractivity contribution in [2.24, 2.45) is 7.05 Å². The molecule has 3 heterocycles. The van der Waals surface area contributed by atoms with Crippen LogP contribution in [0.5, 0.6) is 0 Å². The van der Waals surface area contributed by atoms with Crippen molar-refractivity contribution in [1.82, 2.24) is 29.9 Å². The Hall–Kier alpha value is -1.28. The number of carbonyl (C=O) groups is 1. The molecule has 0 aromatic carbocycles. The molecule has 1 N–H and O–H groups in total. The molecule has 8 heteroatoms. The normalized spacial score (nSPS) is 25.3. The first kappa shape index (κ1) is 15.6. The van der Waals surface area contributed by atoms with E-state index in [0.717, 1.165) is 30.4 Å². The number of nitrogens with one attached hydrogen (secondary N) is 1. The van der Waals surface area contributed by atoms with E-state index in [1.54, 1.807) is 18.1 Å². The molecule has 0 radical (unpaired) electrons. The minimum absolute atomic E-state index is 0.0690. The molecule has 122 valence electrons. The summed E-state index contributed by atoms with van der Waals surface area (Å²) in [4.78, 5) is 16.8. The van der Waals surface area contributed by atoms with Gasteiger partial charge in [-0.2, -0.15) is 0 Å². The SMILES string of the molecule is CN1[C@H]2CC[C@@H]1CN(C(=O)NCCSc1nncn1C)CC2. The van der Waals surface area contributed by atoms with Crippen molar-refractivity contribution in [1.29, 1.82) is 0 Å². The first-order chi connectivity index (χ1) is 10.6. The molecule has 7 nitrogen and oxygen atoms in total. The van der Waals surface area contributed by atoms with Gasteiger partial charge in [0.25, 0.3) is 0 Å². The fourth-order valence-corrected chi connectivity index (χ4v) is 4.05. The molecule has 2 saturated heterocycles. The van der Waals surface area contributed by atoms with Gasteiger partial charge in [-0.1, -0.05) is 11.8 Å². The van der Waals surface area contributed by atoms with E-state index >= 15 is 0 Å². The molecular formula is C14H24N6OS. The van der Waals surface area contributed by atoms with Crippen molar-refractivity contribution in [3.63, 3.8) is 0 Å². The van der Waals surface area contributed by atoms with E-state index in [1.807, 2.05) is 16.5 Å². The summed E-state index contributed by atoms with van der Waals surface area (Å²) < 4.78 is 1.88. The van der Waals surface area contributed by atoms with Gasteiger partial charge < -0.3 is 14.8 Å². The molecule has 2 atom stereocenters. The molecule has 0 spiro atoms. The highest BCUT2D eigenvalue weighted by molar-refractivity contribution is 7.99. The predicted octanol–water partition coefficient (Wildman–Crippen LogP) is 0.785. The molecule has 1 aromatic heterocycles. The van der Waals surface area contributed by atoms with E-state index in [9.17, 15) is 4.79 Å². The highest BCUT2D eigenvalue weighted by Crippen LogP contribution is 2.28. The predicted molar refractivity (Wildman–Crippen MR) is 85.9 cm³/mol. The van der Waals surface area contributed by atoms with Crippen LogP contribution >= 0.6 is 11.8 Å². The number of nitrogens with zero attached hydrogens (tertiary/aromatic N) is 5. The summed E-state index contributed by atoms with van der Waals surface area (Å²) in [6.07, 6.45) is 5.27. The summed E-state index contributed by atoms with van der Waals surface area (Å²) in [6.45, 7) is 2.37. The molecule has 0 aliphatic carbocycles. The van der Waals surface area contributed by atoms with Crippen LogP contribution in [0.1, 0.15) is 19.3 Å². The van der Waals surface area contributed by atoms with Crippen LogP contribution in [0.15, 0.2) is 11.5 Å². The van der Waals surface area contributed by atoms with Crippen LogP contribution in [0.3, 0.4) is 0 Å². The van der Waals surface area contributed by atoms with Gasteiger partial charge in [-0.25, -0.2) is 4.79 Å². The molecule has 1 aromatic rings. The molecule has 2 aliphatic rings. The average Bonchev–Trinajstić information content (AvgIpc) is 2.99. The fourth-order valence-electron chi connectivity index (χ4n) is 3.31. The number of aromatic nitrogens is 3. The van der Waals surface area contributed by atoms with Gasteiger partial charge in [-0.15, -0.1) is 10.2 Å². The Morgan fingerprint density at radius 3 is 2.95 bits per heavy atom. The number of likely N-dealkylation sites (tertiary alicyclic amines) is 1. The maximum Gasteiger partial charge on any atom is 0.317 e. The van der Waals surface area contributed by atoms with Crippen molar-refractivity contribution in [2.45, 2.75) is 36.5 Å². The zero-order valence-corrected chi connectivity index (χ0v) is 14.1. The minimum atomic E-state index is 0.0690. The number of thioether (sulfide) groups is 1. The molecule has 22 heavy (non-hydrogen) atoms. The highest BCUT2D eigenvalue weighted by atomic mass is 32.2. The Bertz CT molecular complexity index is 521. The number of carbonyl (C=O) groups excluding carboxylic acids is 1. The number of urea groups is 1. The van der Waals surface area contributed by atoms with Gasteiger partial charge in [0, 0.05) is 44.5 Å². The maximum absolute atomic E-state index is 12.3. The van der Waals surface area contributed by atoms with Gasteiger partial charge in [-0.3, -0.25) is 4.90 Å². The van der Waals surface area contributed by atoms with Gasteiger partial charge in [0.2, 0.25) is 0 Å². The third kappa shape index (κ3) is 3.38. The summed E-state index contributed by atoms with van der Waals surface area (Å²) in [7, 11) is 4.12. The number of rotatable bonds is 4. The Morgan fingerprint density at radius 1 is 1.36 bits per heavy atom. The number of likely N-dealkylation sites (N-methyl/N-ethyl adjacent to an activating group) is 1. The van der Waals surface area contributed by atoms with Crippen LogP contribution in [0, 0.1) is 0 Å².